The normalized spacial score (nSPS) is 15.2. The predicted molar refractivity (Wildman–Crippen MR) is 66.0 cm³/mol. The van der Waals surface area contributed by atoms with Crippen molar-refractivity contribution in [2.75, 3.05) is 0 Å². The molecule has 0 aliphatic heterocycles. The average molecular weight is 218 g/mol. The van der Waals surface area contributed by atoms with E-state index < -0.39 is 11.2 Å². The summed E-state index contributed by atoms with van der Waals surface area (Å²) in [5.41, 5.74) is -1.60. The molecule has 0 bridgehead atoms. The minimum atomic E-state index is -1.25. The van der Waals surface area contributed by atoms with Gasteiger partial charge in [-0.25, -0.2) is 0 Å². The van der Waals surface area contributed by atoms with Crippen LogP contribution in [-0.4, -0.2) is 15.8 Å². The molecule has 2 nitrogen and oxygen atoms in total. The van der Waals surface area contributed by atoms with Crippen LogP contribution < -0.4 is 0 Å². The molecule has 2 N–H and O–H groups in total. The average Bonchev–Trinajstić information content (AvgIpc) is 2.29. The highest BCUT2D eigenvalue weighted by Gasteiger charge is 2.32. The van der Waals surface area contributed by atoms with E-state index in [9.17, 15) is 10.2 Å². The fourth-order valence-corrected chi connectivity index (χ4v) is 1.68. The Labute approximate surface area is 96.6 Å². The minimum Gasteiger partial charge on any atom is -0.385 e. The molecule has 86 valence electrons. The van der Waals surface area contributed by atoms with Crippen LogP contribution in [0.4, 0.5) is 0 Å². The Balaban J connectivity index is 2.95. The van der Waals surface area contributed by atoms with E-state index in [0.29, 0.717) is 0 Å². The molecule has 1 rings (SSSR count). The highest BCUT2D eigenvalue weighted by Crippen LogP contribution is 2.31. The molecule has 2 heteroatoms. The van der Waals surface area contributed by atoms with Crippen LogP contribution in [0.25, 0.3) is 0 Å². The molecule has 1 atom stereocenters. The lowest BCUT2D eigenvalue weighted by molar-refractivity contribution is -0.0126. The van der Waals surface area contributed by atoms with Gasteiger partial charge in [0.25, 0.3) is 0 Å². The zero-order valence-corrected chi connectivity index (χ0v) is 9.56. The third-order valence-electron chi connectivity index (χ3n) is 2.73. The number of rotatable bonds is 5. The molecule has 0 aliphatic rings. The summed E-state index contributed by atoms with van der Waals surface area (Å²) in [5.74, 6) is 0. The Kier molecular flexibility index (Phi) is 3.68. The Morgan fingerprint density at radius 1 is 1.12 bits per heavy atom. The van der Waals surface area contributed by atoms with Gasteiger partial charge in [0.1, 0.15) is 5.60 Å². The first-order valence-corrected chi connectivity index (χ1v) is 5.21. The van der Waals surface area contributed by atoms with Crippen LogP contribution >= 0.6 is 0 Å². The molecule has 1 unspecified atom stereocenters. The van der Waals surface area contributed by atoms with Crippen molar-refractivity contribution < 1.29 is 10.2 Å². The maximum absolute atomic E-state index is 10.3. The van der Waals surface area contributed by atoms with Gasteiger partial charge in [0.05, 0.1) is 5.60 Å². The van der Waals surface area contributed by atoms with E-state index in [1.807, 2.05) is 30.3 Å². The SMILES string of the molecule is C=CC(O)(C=C)CC(C)(O)c1ccccc1. The van der Waals surface area contributed by atoms with Gasteiger partial charge in [-0.1, -0.05) is 55.6 Å². The first-order chi connectivity index (χ1) is 7.43. The van der Waals surface area contributed by atoms with Crippen molar-refractivity contribution in [2.45, 2.75) is 24.5 Å². The third kappa shape index (κ3) is 2.81. The molecule has 0 saturated carbocycles. The minimum absolute atomic E-state index is 0.136. The van der Waals surface area contributed by atoms with Gasteiger partial charge in [0.2, 0.25) is 0 Å². The summed E-state index contributed by atoms with van der Waals surface area (Å²) in [5, 5.41) is 20.4. The van der Waals surface area contributed by atoms with Crippen LogP contribution in [0.15, 0.2) is 55.6 Å². The number of hydrogen-bond donors (Lipinski definition) is 2. The quantitative estimate of drug-likeness (QED) is 0.745. The Bertz CT molecular complexity index is 358. The summed E-state index contributed by atoms with van der Waals surface area (Å²) in [7, 11) is 0. The topological polar surface area (TPSA) is 40.5 Å². The molecule has 1 aromatic rings. The van der Waals surface area contributed by atoms with E-state index in [2.05, 4.69) is 13.2 Å². The molecule has 0 fully saturated rings. The summed E-state index contributed by atoms with van der Waals surface area (Å²) < 4.78 is 0. The van der Waals surface area contributed by atoms with Crippen molar-refractivity contribution in [3.8, 4) is 0 Å². The zero-order valence-electron chi connectivity index (χ0n) is 9.56. The van der Waals surface area contributed by atoms with Crippen LogP contribution in [0.5, 0.6) is 0 Å². The molecular formula is C14H18O2. The van der Waals surface area contributed by atoms with E-state index in [-0.39, 0.29) is 6.42 Å². The van der Waals surface area contributed by atoms with Gasteiger partial charge in [-0.05, 0) is 12.5 Å². The smallest absolute Gasteiger partial charge is 0.103 e. The lowest BCUT2D eigenvalue weighted by Gasteiger charge is -2.31. The molecule has 0 spiro atoms. The van der Waals surface area contributed by atoms with E-state index in [4.69, 9.17) is 0 Å². The summed E-state index contributed by atoms with van der Waals surface area (Å²) >= 11 is 0. The van der Waals surface area contributed by atoms with Gasteiger partial charge >= 0.3 is 0 Å². The third-order valence-corrected chi connectivity index (χ3v) is 2.73. The van der Waals surface area contributed by atoms with E-state index in [0.717, 1.165) is 5.56 Å². The van der Waals surface area contributed by atoms with Gasteiger partial charge in [0, 0.05) is 6.42 Å². The van der Waals surface area contributed by atoms with Crippen molar-refractivity contribution >= 4 is 0 Å². The first-order valence-electron chi connectivity index (χ1n) is 5.21. The molecule has 16 heavy (non-hydrogen) atoms. The molecular weight excluding hydrogens is 200 g/mol. The van der Waals surface area contributed by atoms with Crippen molar-refractivity contribution in [1.29, 1.82) is 0 Å². The van der Waals surface area contributed by atoms with Crippen molar-refractivity contribution in [2.24, 2.45) is 0 Å². The second kappa shape index (κ2) is 4.64. The summed E-state index contributed by atoms with van der Waals surface area (Å²) in [6.07, 6.45) is 2.91. The molecule has 1 aromatic carbocycles. The summed E-state index contributed by atoms with van der Waals surface area (Å²) in [6, 6.07) is 9.24. The Morgan fingerprint density at radius 3 is 2.06 bits per heavy atom. The molecule has 0 amide bonds. The van der Waals surface area contributed by atoms with Crippen LogP contribution in [0.1, 0.15) is 18.9 Å². The van der Waals surface area contributed by atoms with E-state index >= 15 is 0 Å². The van der Waals surface area contributed by atoms with Crippen molar-refractivity contribution in [3.63, 3.8) is 0 Å². The summed E-state index contributed by atoms with van der Waals surface area (Å²) in [4.78, 5) is 0. The maximum atomic E-state index is 10.3. The van der Waals surface area contributed by atoms with Gasteiger partial charge in [-0.15, -0.1) is 0 Å². The molecule has 0 aliphatic carbocycles. The number of hydrogen-bond acceptors (Lipinski definition) is 2. The number of benzene rings is 1. The highest BCUT2D eigenvalue weighted by atomic mass is 16.3. The van der Waals surface area contributed by atoms with Crippen LogP contribution in [0, 0.1) is 0 Å². The zero-order chi connectivity index (χ0) is 12.2. The van der Waals surface area contributed by atoms with E-state index in [1.165, 1.54) is 12.2 Å². The molecule has 0 aromatic heterocycles. The van der Waals surface area contributed by atoms with Crippen LogP contribution in [-0.2, 0) is 5.60 Å². The molecule has 0 radical (unpaired) electrons. The monoisotopic (exact) mass is 218 g/mol. The first kappa shape index (κ1) is 12.7. The van der Waals surface area contributed by atoms with Gasteiger partial charge in [-0.3, -0.25) is 0 Å². The fourth-order valence-electron chi connectivity index (χ4n) is 1.68. The Hall–Kier alpha value is -1.38. The van der Waals surface area contributed by atoms with Gasteiger partial charge in [-0.2, -0.15) is 0 Å². The maximum Gasteiger partial charge on any atom is 0.103 e. The molecule has 0 saturated heterocycles. The standard InChI is InChI=1S/C14H18O2/c1-4-14(16,5-2)11-13(3,15)12-9-7-6-8-10-12/h4-10,15-16H,1-2,11H2,3H3. The van der Waals surface area contributed by atoms with Gasteiger partial charge < -0.3 is 10.2 Å². The van der Waals surface area contributed by atoms with Crippen molar-refractivity contribution in [3.05, 3.63) is 61.2 Å². The second-order valence-electron chi connectivity index (χ2n) is 4.22. The number of aliphatic hydroxyl groups is 2. The van der Waals surface area contributed by atoms with E-state index in [1.54, 1.807) is 6.92 Å². The predicted octanol–water partition coefficient (Wildman–Crippen LogP) is 2.39. The highest BCUT2D eigenvalue weighted by molar-refractivity contribution is 5.24. The fraction of sp³-hybridized carbons (Fsp3) is 0.286. The molecule has 0 heterocycles. The van der Waals surface area contributed by atoms with Crippen molar-refractivity contribution in [1.82, 2.24) is 0 Å². The van der Waals surface area contributed by atoms with Crippen LogP contribution in [0.3, 0.4) is 0 Å². The van der Waals surface area contributed by atoms with Crippen LogP contribution in [0.2, 0.25) is 0 Å². The second-order valence-corrected chi connectivity index (χ2v) is 4.22. The van der Waals surface area contributed by atoms with Gasteiger partial charge in [0.15, 0.2) is 0 Å². The lowest BCUT2D eigenvalue weighted by atomic mass is 9.83. The lowest BCUT2D eigenvalue weighted by Crippen LogP contribution is -2.34. The Morgan fingerprint density at radius 2 is 1.62 bits per heavy atom. The summed E-state index contributed by atoms with van der Waals surface area (Å²) in [6.45, 7) is 8.77. The largest absolute Gasteiger partial charge is 0.385 e.